The van der Waals surface area contributed by atoms with E-state index in [9.17, 15) is 26.7 Å². The first-order valence-corrected chi connectivity index (χ1v) is 13.5. The molecule has 1 aliphatic carbocycles. The van der Waals surface area contributed by atoms with Crippen LogP contribution in [0.2, 0.25) is 0 Å². The summed E-state index contributed by atoms with van der Waals surface area (Å²) in [6.07, 6.45) is 3.17. The first-order chi connectivity index (χ1) is 19.2. The topological polar surface area (TPSA) is 44.8 Å². The van der Waals surface area contributed by atoms with Gasteiger partial charge in [0.15, 0.2) is 34.7 Å². The molecule has 0 radical (unpaired) electrons. The lowest BCUT2D eigenvalue weighted by Crippen LogP contribution is -2.25. The van der Waals surface area contributed by atoms with Crippen molar-refractivity contribution in [2.75, 3.05) is 13.2 Å². The molecule has 0 heterocycles. The van der Waals surface area contributed by atoms with Gasteiger partial charge >= 0.3 is 5.97 Å². The van der Waals surface area contributed by atoms with Crippen LogP contribution in [-0.4, -0.2) is 19.2 Å². The van der Waals surface area contributed by atoms with E-state index < -0.39 is 41.0 Å². The summed E-state index contributed by atoms with van der Waals surface area (Å²) in [6.45, 7) is 4.07. The van der Waals surface area contributed by atoms with Crippen LogP contribution in [0.25, 0.3) is 11.1 Å². The number of esters is 1. The van der Waals surface area contributed by atoms with Crippen molar-refractivity contribution in [1.29, 1.82) is 0 Å². The quantitative estimate of drug-likeness (QED) is 0.108. The van der Waals surface area contributed by atoms with Crippen LogP contribution in [0.4, 0.5) is 22.0 Å². The van der Waals surface area contributed by atoms with Gasteiger partial charge in [-0.2, -0.15) is 8.78 Å². The van der Waals surface area contributed by atoms with Crippen LogP contribution in [0.5, 0.6) is 17.2 Å². The third-order valence-corrected chi connectivity index (χ3v) is 7.13. The Morgan fingerprint density at radius 3 is 2.10 bits per heavy atom. The Kier molecular flexibility index (Phi) is 9.66. The van der Waals surface area contributed by atoms with Crippen molar-refractivity contribution in [2.45, 2.75) is 58.3 Å². The van der Waals surface area contributed by atoms with Gasteiger partial charge in [0.1, 0.15) is 0 Å². The monoisotopic (exact) mass is 562 g/mol. The minimum atomic E-state index is -1.18. The van der Waals surface area contributed by atoms with E-state index in [1.807, 2.05) is 6.92 Å². The van der Waals surface area contributed by atoms with Gasteiger partial charge in [0.25, 0.3) is 0 Å². The van der Waals surface area contributed by atoms with E-state index in [0.29, 0.717) is 32.3 Å². The minimum Gasteiger partial charge on any atom is -0.491 e. The zero-order valence-corrected chi connectivity index (χ0v) is 22.4. The predicted molar refractivity (Wildman–Crippen MR) is 140 cm³/mol. The molecule has 0 bridgehead atoms. The molecule has 0 aromatic heterocycles. The molecule has 1 aliphatic rings. The SMILES string of the molecule is CCCCOc1ccc(C2CCC(C(=O)Oc3ccc(-c4ccc(OCC)c(F)c4F)cc3F)CC2)c(F)c1F. The lowest BCUT2D eigenvalue weighted by Gasteiger charge is -2.28. The summed E-state index contributed by atoms with van der Waals surface area (Å²) in [5.41, 5.74) is 0.139. The van der Waals surface area contributed by atoms with Gasteiger partial charge < -0.3 is 14.2 Å². The highest BCUT2D eigenvalue weighted by atomic mass is 19.2. The highest BCUT2D eigenvalue weighted by molar-refractivity contribution is 5.76. The second-order valence-electron chi connectivity index (χ2n) is 9.77. The Morgan fingerprint density at radius 2 is 1.43 bits per heavy atom. The molecule has 40 heavy (non-hydrogen) atoms. The average Bonchev–Trinajstić information content (AvgIpc) is 2.95. The highest BCUT2D eigenvalue weighted by Crippen LogP contribution is 2.39. The summed E-state index contributed by atoms with van der Waals surface area (Å²) < 4.78 is 88.4. The number of unbranched alkanes of at least 4 members (excludes halogenated alkanes) is 1. The number of ether oxygens (including phenoxy) is 3. The van der Waals surface area contributed by atoms with Crippen LogP contribution in [0.3, 0.4) is 0 Å². The Hall–Kier alpha value is -3.62. The molecule has 214 valence electrons. The molecule has 4 nitrogen and oxygen atoms in total. The van der Waals surface area contributed by atoms with Crippen molar-refractivity contribution in [3.63, 3.8) is 0 Å². The van der Waals surface area contributed by atoms with Crippen molar-refractivity contribution in [2.24, 2.45) is 5.92 Å². The molecule has 9 heteroatoms. The molecule has 0 N–H and O–H groups in total. The van der Waals surface area contributed by atoms with Crippen molar-refractivity contribution in [3.05, 3.63) is 77.1 Å². The first-order valence-electron chi connectivity index (χ1n) is 13.5. The summed E-state index contributed by atoms with van der Waals surface area (Å²) >= 11 is 0. The van der Waals surface area contributed by atoms with Gasteiger partial charge in [-0.3, -0.25) is 4.79 Å². The predicted octanol–water partition coefficient (Wildman–Crippen LogP) is 8.51. The molecule has 0 atom stereocenters. The summed E-state index contributed by atoms with van der Waals surface area (Å²) in [4.78, 5) is 12.7. The number of carbonyl (C=O) groups excluding carboxylic acids is 1. The van der Waals surface area contributed by atoms with Crippen LogP contribution >= 0.6 is 0 Å². The van der Waals surface area contributed by atoms with Crippen LogP contribution in [0.15, 0.2) is 42.5 Å². The Labute approximate surface area is 230 Å². The molecule has 4 rings (SSSR count). The van der Waals surface area contributed by atoms with Crippen LogP contribution in [0, 0.1) is 35.0 Å². The third kappa shape index (κ3) is 6.40. The highest BCUT2D eigenvalue weighted by Gasteiger charge is 2.31. The summed E-state index contributed by atoms with van der Waals surface area (Å²) in [5.74, 6) is -7.38. The fraction of sp³-hybridized carbons (Fsp3) is 0.387. The molecular weight excluding hydrogens is 531 g/mol. The first kappa shape index (κ1) is 29.4. The number of hydrogen-bond acceptors (Lipinski definition) is 4. The van der Waals surface area contributed by atoms with E-state index in [1.54, 1.807) is 6.92 Å². The maximum absolute atomic E-state index is 14.8. The van der Waals surface area contributed by atoms with Gasteiger partial charge in [-0.25, -0.2) is 13.2 Å². The zero-order chi connectivity index (χ0) is 28.8. The maximum atomic E-state index is 14.8. The second-order valence-corrected chi connectivity index (χ2v) is 9.77. The largest absolute Gasteiger partial charge is 0.491 e. The van der Waals surface area contributed by atoms with Gasteiger partial charge in [0.2, 0.25) is 11.6 Å². The average molecular weight is 563 g/mol. The second kappa shape index (κ2) is 13.2. The van der Waals surface area contributed by atoms with Crippen LogP contribution < -0.4 is 14.2 Å². The van der Waals surface area contributed by atoms with E-state index >= 15 is 0 Å². The van der Waals surface area contributed by atoms with Crippen LogP contribution in [-0.2, 0) is 4.79 Å². The Bertz CT molecular complexity index is 1350. The minimum absolute atomic E-state index is 0.0632. The molecule has 0 aliphatic heterocycles. The molecule has 0 saturated heterocycles. The molecule has 3 aromatic rings. The lowest BCUT2D eigenvalue weighted by molar-refractivity contribution is -0.140. The standard InChI is InChI=1S/C31H31F5O4/c1-3-5-16-39-26-15-11-21(27(33)30(26)36)18-6-8-19(9-7-18)31(37)40-24-13-10-20(17-23(24)32)22-12-14-25(38-4-2)29(35)28(22)34/h10-15,17-19H,3-9,16H2,1-2H3. The molecule has 0 unspecified atom stereocenters. The molecule has 0 amide bonds. The summed E-state index contributed by atoms with van der Waals surface area (Å²) in [7, 11) is 0. The number of halogens is 5. The summed E-state index contributed by atoms with van der Waals surface area (Å²) in [6, 6.07) is 8.98. The van der Waals surface area contributed by atoms with Crippen molar-refractivity contribution in [3.8, 4) is 28.4 Å². The molecule has 1 saturated carbocycles. The van der Waals surface area contributed by atoms with E-state index in [1.165, 1.54) is 36.4 Å². The zero-order valence-electron chi connectivity index (χ0n) is 22.4. The number of rotatable bonds is 10. The lowest BCUT2D eigenvalue weighted by atomic mass is 9.78. The van der Waals surface area contributed by atoms with Crippen molar-refractivity contribution < 1.29 is 41.0 Å². The fourth-order valence-corrected chi connectivity index (χ4v) is 4.90. The van der Waals surface area contributed by atoms with E-state index in [2.05, 4.69) is 0 Å². The molecular formula is C31H31F5O4. The van der Waals surface area contributed by atoms with E-state index in [-0.39, 0.29) is 46.5 Å². The fourth-order valence-electron chi connectivity index (χ4n) is 4.90. The number of benzene rings is 3. The van der Waals surface area contributed by atoms with E-state index in [0.717, 1.165) is 18.9 Å². The van der Waals surface area contributed by atoms with Gasteiger partial charge in [-0.1, -0.05) is 25.5 Å². The third-order valence-electron chi connectivity index (χ3n) is 7.13. The summed E-state index contributed by atoms with van der Waals surface area (Å²) in [5, 5.41) is 0. The normalized spacial score (nSPS) is 17.0. The van der Waals surface area contributed by atoms with Crippen LogP contribution in [0.1, 0.15) is 63.9 Å². The van der Waals surface area contributed by atoms with Crippen molar-refractivity contribution in [1.82, 2.24) is 0 Å². The van der Waals surface area contributed by atoms with Gasteiger partial charge in [-0.15, -0.1) is 0 Å². The maximum Gasteiger partial charge on any atom is 0.314 e. The number of carbonyl (C=O) groups is 1. The Balaban J connectivity index is 1.38. The van der Waals surface area contributed by atoms with Gasteiger partial charge in [0.05, 0.1) is 19.1 Å². The number of hydrogen-bond donors (Lipinski definition) is 0. The molecule has 0 spiro atoms. The van der Waals surface area contributed by atoms with E-state index in [4.69, 9.17) is 14.2 Å². The molecule has 1 fully saturated rings. The van der Waals surface area contributed by atoms with Gasteiger partial charge in [0, 0.05) is 5.56 Å². The van der Waals surface area contributed by atoms with Crippen molar-refractivity contribution >= 4 is 5.97 Å². The Morgan fingerprint density at radius 1 is 0.775 bits per heavy atom. The smallest absolute Gasteiger partial charge is 0.314 e. The molecule has 3 aromatic carbocycles. The van der Waals surface area contributed by atoms with Gasteiger partial charge in [-0.05, 0) is 86.4 Å².